The van der Waals surface area contributed by atoms with Crippen molar-refractivity contribution in [3.05, 3.63) is 17.9 Å². The minimum absolute atomic E-state index is 0.234. The van der Waals surface area contributed by atoms with Gasteiger partial charge < -0.3 is 10.3 Å². The van der Waals surface area contributed by atoms with Gasteiger partial charge in [0.05, 0.1) is 13.6 Å². The minimum atomic E-state index is 0.234. The monoisotopic (exact) mass is 115 g/mol. The summed E-state index contributed by atoms with van der Waals surface area (Å²) in [7, 11) is 1.60. The molecule has 0 radical (unpaired) electrons. The van der Waals surface area contributed by atoms with Crippen molar-refractivity contribution in [1.29, 1.82) is 0 Å². The molecule has 2 unspecified atom stereocenters. The van der Waals surface area contributed by atoms with Crippen LogP contribution in [0.5, 0.6) is 0 Å². The molecule has 0 aliphatic heterocycles. The van der Waals surface area contributed by atoms with Gasteiger partial charge in [-0.3, -0.25) is 0 Å². The highest BCUT2D eigenvalue weighted by molar-refractivity contribution is 4.73. The molecule has 0 rings (SSSR count). The van der Waals surface area contributed by atoms with Crippen molar-refractivity contribution < 1.29 is 5.06 Å². The lowest BCUT2D eigenvalue weighted by molar-refractivity contribution is -0.828. The summed E-state index contributed by atoms with van der Waals surface area (Å²) in [6.45, 7) is 6.17. The second-order valence-electron chi connectivity index (χ2n) is 2.12. The Labute approximate surface area is 50.4 Å². The van der Waals surface area contributed by atoms with Gasteiger partial charge in [-0.1, -0.05) is 13.0 Å². The van der Waals surface area contributed by atoms with Crippen LogP contribution in [0.2, 0.25) is 0 Å². The fourth-order valence-electron chi connectivity index (χ4n) is 0.537. The predicted molar refractivity (Wildman–Crippen MR) is 34.5 cm³/mol. The van der Waals surface area contributed by atoms with Crippen molar-refractivity contribution in [2.24, 2.45) is 5.92 Å². The van der Waals surface area contributed by atoms with Crippen LogP contribution in [0.3, 0.4) is 0 Å². The third kappa shape index (κ3) is 3.84. The molecule has 0 spiro atoms. The quantitative estimate of drug-likeness (QED) is 0.401. The minimum Gasteiger partial charge on any atom is -0.634 e. The Bertz CT molecular complexity index is 70.9. The fraction of sp³-hybridized carbons (Fsp3) is 0.667. The van der Waals surface area contributed by atoms with Gasteiger partial charge in [-0.05, 0) is 0 Å². The summed E-state index contributed by atoms with van der Waals surface area (Å²) in [5.74, 6) is 0.340. The first-order valence-corrected chi connectivity index (χ1v) is 2.78. The van der Waals surface area contributed by atoms with E-state index >= 15 is 0 Å². The first kappa shape index (κ1) is 7.66. The number of rotatable bonds is 3. The lowest BCUT2D eigenvalue weighted by atomic mass is 10.2. The number of hydroxylamine groups is 2. The highest BCUT2D eigenvalue weighted by Crippen LogP contribution is 1.87. The zero-order valence-corrected chi connectivity index (χ0v) is 5.48. The lowest BCUT2D eigenvalue weighted by Gasteiger charge is -2.17. The van der Waals surface area contributed by atoms with Crippen LogP contribution in [0.4, 0.5) is 0 Å². The van der Waals surface area contributed by atoms with E-state index in [4.69, 9.17) is 0 Å². The van der Waals surface area contributed by atoms with Gasteiger partial charge in [0.15, 0.2) is 0 Å². The molecule has 8 heavy (non-hydrogen) atoms. The summed E-state index contributed by atoms with van der Waals surface area (Å²) < 4.78 is 0. The molecule has 2 heteroatoms. The third-order valence-corrected chi connectivity index (χ3v) is 1.01. The molecule has 0 bridgehead atoms. The van der Waals surface area contributed by atoms with E-state index in [9.17, 15) is 5.21 Å². The molecule has 0 saturated heterocycles. The summed E-state index contributed by atoms with van der Waals surface area (Å²) in [6, 6.07) is 0. The topological polar surface area (TPSA) is 27.5 Å². The zero-order chi connectivity index (χ0) is 6.57. The molecule has 0 saturated carbocycles. The second-order valence-corrected chi connectivity index (χ2v) is 2.12. The van der Waals surface area contributed by atoms with Gasteiger partial charge in [0, 0.05) is 5.92 Å². The van der Waals surface area contributed by atoms with Crippen molar-refractivity contribution in [1.82, 2.24) is 0 Å². The van der Waals surface area contributed by atoms with Crippen molar-refractivity contribution in [3.8, 4) is 0 Å². The number of quaternary nitrogens is 1. The average molecular weight is 115 g/mol. The standard InChI is InChI=1S/C6H13NO/c1-4-6(2)5-7(3)8/h4,6-7H,1,5H2,2-3H3. The van der Waals surface area contributed by atoms with Gasteiger partial charge in [0.25, 0.3) is 0 Å². The maximum atomic E-state index is 10.4. The Morgan fingerprint density at radius 2 is 2.38 bits per heavy atom. The smallest absolute Gasteiger partial charge is 0.0827 e. The number of nitrogens with one attached hydrogen (secondary N) is 1. The van der Waals surface area contributed by atoms with Gasteiger partial charge >= 0.3 is 0 Å². The van der Waals surface area contributed by atoms with E-state index < -0.39 is 0 Å². The van der Waals surface area contributed by atoms with Crippen molar-refractivity contribution in [3.63, 3.8) is 0 Å². The Morgan fingerprint density at radius 3 is 2.50 bits per heavy atom. The maximum absolute atomic E-state index is 10.4. The van der Waals surface area contributed by atoms with E-state index in [2.05, 4.69) is 6.58 Å². The maximum Gasteiger partial charge on any atom is 0.0827 e. The van der Waals surface area contributed by atoms with E-state index in [0.717, 1.165) is 0 Å². The summed E-state index contributed by atoms with van der Waals surface area (Å²) in [5.41, 5.74) is 0. The lowest BCUT2D eigenvalue weighted by Crippen LogP contribution is -3.04. The number of hydrogen-bond acceptors (Lipinski definition) is 1. The molecule has 2 nitrogen and oxygen atoms in total. The number of hydrogen-bond donors (Lipinski definition) is 1. The molecule has 0 fully saturated rings. The molecule has 2 atom stereocenters. The van der Waals surface area contributed by atoms with Crippen LogP contribution in [0.25, 0.3) is 0 Å². The van der Waals surface area contributed by atoms with Crippen molar-refractivity contribution in [2.75, 3.05) is 13.6 Å². The fourth-order valence-corrected chi connectivity index (χ4v) is 0.537. The summed E-state index contributed by atoms with van der Waals surface area (Å²) in [4.78, 5) is 0. The molecule has 0 aliphatic rings. The SMILES string of the molecule is C=CC(C)C[NH+](C)[O-]. The van der Waals surface area contributed by atoms with E-state index in [1.54, 1.807) is 13.1 Å². The molecule has 0 aromatic carbocycles. The summed E-state index contributed by atoms with van der Waals surface area (Å²) >= 11 is 0. The third-order valence-electron chi connectivity index (χ3n) is 1.01. The Hall–Kier alpha value is -0.340. The molecule has 0 aliphatic carbocycles. The normalized spacial score (nSPS) is 17.4. The predicted octanol–water partition coefficient (Wildman–Crippen LogP) is -0.179. The average Bonchev–Trinajstić information content (AvgIpc) is 1.65. The largest absolute Gasteiger partial charge is 0.634 e. The van der Waals surface area contributed by atoms with Crippen LogP contribution in [0.15, 0.2) is 12.7 Å². The van der Waals surface area contributed by atoms with E-state index in [-0.39, 0.29) is 5.06 Å². The molecular weight excluding hydrogens is 102 g/mol. The van der Waals surface area contributed by atoms with E-state index in [0.29, 0.717) is 12.5 Å². The van der Waals surface area contributed by atoms with Crippen molar-refractivity contribution >= 4 is 0 Å². The van der Waals surface area contributed by atoms with Crippen LogP contribution in [-0.4, -0.2) is 13.6 Å². The summed E-state index contributed by atoms with van der Waals surface area (Å²) in [6.07, 6.45) is 1.79. The van der Waals surface area contributed by atoms with Crippen LogP contribution >= 0.6 is 0 Å². The molecule has 0 aromatic heterocycles. The van der Waals surface area contributed by atoms with Crippen molar-refractivity contribution in [2.45, 2.75) is 6.92 Å². The zero-order valence-electron chi connectivity index (χ0n) is 5.48. The second kappa shape index (κ2) is 3.64. The van der Waals surface area contributed by atoms with Gasteiger partial charge in [-0.2, -0.15) is 0 Å². The van der Waals surface area contributed by atoms with Gasteiger partial charge in [-0.15, -0.1) is 6.58 Å². The van der Waals surface area contributed by atoms with Gasteiger partial charge in [0.1, 0.15) is 0 Å². The summed E-state index contributed by atoms with van der Waals surface area (Å²) in [5, 5.41) is 10.6. The van der Waals surface area contributed by atoms with E-state index in [1.165, 1.54) is 0 Å². The molecule has 0 heterocycles. The Kier molecular flexibility index (Phi) is 3.48. The molecule has 48 valence electrons. The van der Waals surface area contributed by atoms with Crippen LogP contribution in [0.1, 0.15) is 6.92 Å². The van der Waals surface area contributed by atoms with Crippen LogP contribution in [0, 0.1) is 11.1 Å². The Balaban J connectivity index is 3.23. The molecular formula is C6H13NO. The first-order valence-electron chi connectivity index (χ1n) is 2.78. The van der Waals surface area contributed by atoms with Gasteiger partial charge in [0.2, 0.25) is 0 Å². The van der Waals surface area contributed by atoms with Gasteiger partial charge in [-0.25, -0.2) is 0 Å². The van der Waals surface area contributed by atoms with Crippen LogP contribution < -0.4 is 5.06 Å². The highest BCUT2D eigenvalue weighted by atomic mass is 16.5. The van der Waals surface area contributed by atoms with E-state index in [1.807, 2.05) is 6.92 Å². The highest BCUT2D eigenvalue weighted by Gasteiger charge is 1.95. The molecule has 0 amide bonds. The first-order chi connectivity index (χ1) is 3.66. The Morgan fingerprint density at radius 1 is 1.88 bits per heavy atom. The van der Waals surface area contributed by atoms with Crippen LogP contribution in [-0.2, 0) is 0 Å². The molecule has 1 N–H and O–H groups in total. The molecule has 0 aromatic rings.